The molecule has 1 fully saturated rings. The van der Waals surface area contributed by atoms with Gasteiger partial charge in [-0.1, -0.05) is 0 Å². The van der Waals surface area contributed by atoms with E-state index in [9.17, 15) is 14.4 Å². The maximum absolute atomic E-state index is 12.1. The number of hydrogen-bond donors (Lipinski definition) is 3. The average Bonchev–Trinajstić information content (AvgIpc) is 3.07. The number of thiophene rings is 1. The second-order valence-corrected chi connectivity index (χ2v) is 5.38. The predicted molar refractivity (Wildman–Crippen MR) is 75.8 cm³/mol. The van der Waals surface area contributed by atoms with Crippen LogP contribution in [0.2, 0.25) is 0 Å². The summed E-state index contributed by atoms with van der Waals surface area (Å²) in [4.78, 5) is 35.7. The second kappa shape index (κ2) is 6.44. The number of anilines is 1. The van der Waals surface area contributed by atoms with Crippen molar-refractivity contribution in [3.8, 4) is 0 Å². The van der Waals surface area contributed by atoms with Crippen LogP contribution in [0.4, 0.5) is 14.6 Å². The van der Waals surface area contributed by atoms with Gasteiger partial charge in [0.25, 0.3) is 0 Å². The molecule has 1 unspecified atom stereocenters. The van der Waals surface area contributed by atoms with E-state index in [0.29, 0.717) is 24.5 Å². The molecule has 0 bridgehead atoms. The van der Waals surface area contributed by atoms with Crippen LogP contribution in [-0.2, 0) is 4.74 Å². The number of aromatic carboxylic acids is 1. The third kappa shape index (κ3) is 3.63. The topological polar surface area (TPSA) is 108 Å². The molecule has 0 saturated carbocycles. The summed E-state index contributed by atoms with van der Waals surface area (Å²) in [7, 11) is 1.28. The van der Waals surface area contributed by atoms with Gasteiger partial charge in [0.15, 0.2) is 0 Å². The van der Waals surface area contributed by atoms with Gasteiger partial charge in [-0.05, 0) is 17.9 Å². The molecule has 21 heavy (non-hydrogen) atoms. The molecule has 1 aliphatic rings. The first kappa shape index (κ1) is 15.1. The minimum Gasteiger partial charge on any atom is -0.478 e. The van der Waals surface area contributed by atoms with E-state index in [1.807, 2.05) is 0 Å². The molecule has 114 valence electrons. The number of nitrogens with zero attached hydrogens (tertiary/aromatic N) is 1. The molecule has 0 radical (unpaired) electrons. The first-order valence-corrected chi connectivity index (χ1v) is 7.10. The average molecular weight is 313 g/mol. The molecule has 0 spiro atoms. The number of carboxylic acid groups (broad SMARTS) is 1. The Kier molecular flexibility index (Phi) is 4.63. The number of ether oxygens (including phenoxy) is 1. The van der Waals surface area contributed by atoms with Crippen LogP contribution in [0, 0.1) is 0 Å². The molecular formula is C12H15N3O5S. The monoisotopic (exact) mass is 313 g/mol. The van der Waals surface area contributed by atoms with Crippen LogP contribution in [0.5, 0.6) is 0 Å². The number of alkyl carbamates (subject to hydrolysis) is 1. The van der Waals surface area contributed by atoms with Gasteiger partial charge in [0.1, 0.15) is 5.00 Å². The van der Waals surface area contributed by atoms with E-state index in [4.69, 9.17) is 5.11 Å². The molecule has 1 atom stereocenters. The highest BCUT2D eigenvalue weighted by molar-refractivity contribution is 7.14. The molecule has 0 aromatic carbocycles. The van der Waals surface area contributed by atoms with E-state index < -0.39 is 12.1 Å². The number of rotatable bonds is 3. The lowest BCUT2D eigenvalue weighted by atomic mass is 10.3. The third-order valence-electron chi connectivity index (χ3n) is 3.10. The van der Waals surface area contributed by atoms with E-state index in [0.717, 1.165) is 11.3 Å². The molecule has 1 aromatic rings. The van der Waals surface area contributed by atoms with E-state index >= 15 is 0 Å². The summed E-state index contributed by atoms with van der Waals surface area (Å²) < 4.78 is 4.50. The molecule has 1 aromatic heterocycles. The van der Waals surface area contributed by atoms with Crippen molar-refractivity contribution in [1.82, 2.24) is 10.2 Å². The highest BCUT2D eigenvalue weighted by atomic mass is 32.1. The highest BCUT2D eigenvalue weighted by Gasteiger charge is 2.28. The summed E-state index contributed by atoms with van der Waals surface area (Å²) in [5.74, 6) is -1.08. The van der Waals surface area contributed by atoms with E-state index in [2.05, 4.69) is 15.4 Å². The van der Waals surface area contributed by atoms with E-state index in [1.54, 1.807) is 5.38 Å². The van der Waals surface area contributed by atoms with Gasteiger partial charge < -0.3 is 20.1 Å². The highest BCUT2D eigenvalue weighted by Crippen LogP contribution is 2.24. The van der Waals surface area contributed by atoms with Gasteiger partial charge in [-0.3, -0.25) is 5.32 Å². The normalized spacial score (nSPS) is 17.4. The van der Waals surface area contributed by atoms with Gasteiger partial charge >= 0.3 is 18.1 Å². The Bertz CT molecular complexity index is 559. The SMILES string of the molecule is COC(=O)NC1CCN(C(=O)Nc2sccc2C(=O)O)C1. The van der Waals surface area contributed by atoms with Gasteiger partial charge in [-0.15, -0.1) is 11.3 Å². The number of amides is 3. The Balaban J connectivity index is 1.91. The van der Waals surface area contributed by atoms with Crippen LogP contribution >= 0.6 is 11.3 Å². The van der Waals surface area contributed by atoms with E-state index in [-0.39, 0.29) is 17.6 Å². The van der Waals surface area contributed by atoms with Gasteiger partial charge in [-0.25, -0.2) is 14.4 Å². The van der Waals surface area contributed by atoms with Crippen molar-refractivity contribution in [3.63, 3.8) is 0 Å². The van der Waals surface area contributed by atoms with Crippen molar-refractivity contribution in [3.05, 3.63) is 17.0 Å². The molecule has 3 N–H and O–H groups in total. The summed E-state index contributed by atoms with van der Waals surface area (Å²) in [6, 6.07) is 0.897. The van der Waals surface area contributed by atoms with Crippen molar-refractivity contribution >= 4 is 34.4 Å². The van der Waals surface area contributed by atoms with E-state index in [1.165, 1.54) is 18.1 Å². The predicted octanol–water partition coefficient (Wildman–Crippen LogP) is 1.41. The third-order valence-corrected chi connectivity index (χ3v) is 3.93. The lowest BCUT2D eigenvalue weighted by molar-refractivity contribution is 0.0698. The molecular weight excluding hydrogens is 298 g/mol. The largest absolute Gasteiger partial charge is 0.478 e. The summed E-state index contributed by atoms with van der Waals surface area (Å²) >= 11 is 1.15. The van der Waals surface area contributed by atoms with Gasteiger partial charge in [-0.2, -0.15) is 0 Å². The number of carbonyl (C=O) groups is 3. The van der Waals surface area contributed by atoms with Crippen LogP contribution < -0.4 is 10.6 Å². The van der Waals surface area contributed by atoms with Crippen molar-refractivity contribution in [2.45, 2.75) is 12.5 Å². The van der Waals surface area contributed by atoms with Crippen LogP contribution in [0.15, 0.2) is 11.4 Å². The van der Waals surface area contributed by atoms with Crippen molar-refractivity contribution in [1.29, 1.82) is 0 Å². The Morgan fingerprint density at radius 1 is 1.48 bits per heavy atom. The molecule has 2 rings (SSSR count). The Morgan fingerprint density at radius 3 is 2.90 bits per heavy atom. The number of carbonyl (C=O) groups excluding carboxylic acids is 2. The van der Waals surface area contributed by atoms with Crippen molar-refractivity contribution < 1.29 is 24.2 Å². The van der Waals surface area contributed by atoms with Gasteiger partial charge in [0, 0.05) is 13.1 Å². The summed E-state index contributed by atoms with van der Waals surface area (Å²) in [5.41, 5.74) is 0.0665. The maximum atomic E-state index is 12.1. The Hall–Kier alpha value is -2.29. The van der Waals surface area contributed by atoms with Gasteiger partial charge in [0.2, 0.25) is 0 Å². The maximum Gasteiger partial charge on any atom is 0.407 e. The molecule has 9 heteroatoms. The fraction of sp³-hybridized carbons (Fsp3) is 0.417. The van der Waals surface area contributed by atoms with Gasteiger partial charge in [0.05, 0.1) is 18.7 Å². The molecule has 2 heterocycles. The molecule has 3 amide bonds. The molecule has 1 aliphatic heterocycles. The Morgan fingerprint density at radius 2 is 2.24 bits per heavy atom. The van der Waals surface area contributed by atoms with Crippen LogP contribution in [0.1, 0.15) is 16.8 Å². The lowest BCUT2D eigenvalue weighted by Gasteiger charge is -2.17. The molecule has 8 nitrogen and oxygen atoms in total. The number of methoxy groups -OCH3 is 1. The molecule has 1 saturated heterocycles. The summed E-state index contributed by atoms with van der Waals surface area (Å²) in [5, 5.41) is 16.1. The van der Waals surface area contributed by atoms with Crippen LogP contribution in [-0.4, -0.2) is 54.3 Å². The molecule has 0 aliphatic carbocycles. The second-order valence-electron chi connectivity index (χ2n) is 4.47. The smallest absolute Gasteiger partial charge is 0.407 e. The quantitative estimate of drug-likeness (QED) is 0.782. The fourth-order valence-electron chi connectivity index (χ4n) is 2.04. The first-order valence-electron chi connectivity index (χ1n) is 6.22. The Labute approximate surface area is 124 Å². The summed E-state index contributed by atoms with van der Waals surface area (Å²) in [6.45, 7) is 0.836. The van der Waals surface area contributed by atoms with Crippen molar-refractivity contribution in [2.24, 2.45) is 0 Å². The number of nitrogens with one attached hydrogen (secondary N) is 2. The number of carboxylic acids is 1. The summed E-state index contributed by atoms with van der Waals surface area (Å²) in [6.07, 6.45) is 0.0901. The standard InChI is InChI=1S/C12H15N3O5S/c1-20-12(19)13-7-2-4-15(6-7)11(18)14-9-8(10(16)17)3-5-21-9/h3,5,7H,2,4,6H2,1H3,(H,13,19)(H,14,18)(H,16,17). The minimum atomic E-state index is -1.08. The minimum absolute atomic E-state index is 0.0665. The number of urea groups is 1. The van der Waals surface area contributed by atoms with Crippen LogP contribution in [0.25, 0.3) is 0 Å². The number of likely N-dealkylation sites (tertiary alicyclic amines) is 1. The lowest BCUT2D eigenvalue weighted by Crippen LogP contribution is -2.39. The zero-order valence-corrected chi connectivity index (χ0v) is 12.1. The first-order chi connectivity index (χ1) is 10.0. The zero-order valence-electron chi connectivity index (χ0n) is 11.3. The number of hydrogen-bond acceptors (Lipinski definition) is 5. The zero-order chi connectivity index (χ0) is 15.4. The van der Waals surface area contributed by atoms with Crippen LogP contribution in [0.3, 0.4) is 0 Å². The van der Waals surface area contributed by atoms with Crippen molar-refractivity contribution in [2.75, 3.05) is 25.5 Å². The fourth-order valence-corrected chi connectivity index (χ4v) is 2.81.